The molecule has 0 saturated heterocycles. The minimum Gasteiger partial charge on any atom is -0.481 e. The number of benzene rings is 1. The largest absolute Gasteiger partial charge is 0.481 e. The summed E-state index contributed by atoms with van der Waals surface area (Å²) < 4.78 is 0. The lowest BCUT2D eigenvalue weighted by atomic mass is 9.94. The van der Waals surface area contributed by atoms with Crippen molar-refractivity contribution in [1.82, 2.24) is 0 Å². The first-order valence-electron chi connectivity index (χ1n) is 4.94. The summed E-state index contributed by atoms with van der Waals surface area (Å²) in [4.78, 5) is 10.6. The average Bonchev–Trinajstić information content (AvgIpc) is 2.18. The van der Waals surface area contributed by atoms with Crippen molar-refractivity contribution in [1.29, 1.82) is 0 Å². The van der Waals surface area contributed by atoms with Crippen LogP contribution in [0.4, 0.5) is 0 Å². The predicted octanol–water partition coefficient (Wildman–Crippen LogP) is 1.85. The van der Waals surface area contributed by atoms with E-state index in [0.29, 0.717) is 0 Å². The predicted molar refractivity (Wildman–Crippen MR) is 58.0 cm³/mol. The Labute approximate surface area is 89.4 Å². The van der Waals surface area contributed by atoms with Crippen LogP contribution in [0.15, 0.2) is 18.2 Å². The van der Waals surface area contributed by atoms with E-state index in [1.54, 1.807) is 0 Å². The molecule has 0 radical (unpaired) electrons. The lowest BCUT2D eigenvalue weighted by Gasteiger charge is -2.13. The van der Waals surface area contributed by atoms with Gasteiger partial charge in [-0.2, -0.15) is 0 Å². The van der Waals surface area contributed by atoms with Gasteiger partial charge in [0.2, 0.25) is 0 Å². The number of carboxylic acids is 1. The molecule has 0 saturated carbocycles. The van der Waals surface area contributed by atoms with Gasteiger partial charge in [0.05, 0.1) is 13.0 Å². The Bertz CT molecular complexity index is 358. The molecule has 0 aliphatic rings. The second-order valence-electron chi connectivity index (χ2n) is 3.82. The molecule has 1 rings (SSSR count). The van der Waals surface area contributed by atoms with Crippen molar-refractivity contribution < 1.29 is 15.0 Å². The smallest absolute Gasteiger partial charge is 0.304 e. The number of aryl methyl sites for hydroxylation is 2. The summed E-state index contributed by atoms with van der Waals surface area (Å²) in [6.07, 6.45) is -0.0288. The van der Waals surface area contributed by atoms with Crippen LogP contribution in [0.3, 0.4) is 0 Å². The minimum absolute atomic E-state index is 0.0288. The van der Waals surface area contributed by atoms with Crippen LogP contribution in [0.5, 0.6) is 0 Å². The fourth-order valence-corrected chi connectivity index (χ4v) is 1.52. The average molecular weight is 208 g/mol. The van der Waals surface area contributed by atoms with E-state index in [1.165, 1.54) is 5.56 Å². The van der Waals surface area contributed by atoms with Gasteiger partial charge in [0, 0.05) is 5.92 Å². The van der Waals surface area contributed by atoms with Crippen LogP contribution in [0.1, 0.15) is 29.0 Å². The van der Waals surface area contributed by atoms with Crippen molar-refractivity contribution in [2.45, 2.75) is 26.2 Å². The first kappa shape index (κ1) is 11.7. The number of aliphatic carboxylic acids is 1. The molecular formula is C12H16O3. The van der Waals surface area contributed by atoms with E-state index in [0.717, 1.165) is 11.1 Å². The maximum atomic E-state index is 10.6. The highest BCUT2D eigenvalue weighted by molar-refractivity contribution is 5.68. The summed E-state index contributed by atoms with van der Waals surface area (Å²) >= 11 is 0. The molecule has 0 heterocycles. The molecule has 1 aromatic rings. The second kappa shape index (κ2) is 4.94. The van der Waals surface area contributed by atoms with Crippen LogP contribution in [0, 0.1) is 13.8 Å². The van der Waals surface area contributed by atoms with E-state index in [2.05, 4.69) is 0 Å². The number of carboxylic acid groups (broad SMARTS) is 1. The molecule has 1 aromatic carbocycles. The van der Waals surface area contributed by atoms with Crippen LogP contribution < -0.4 is 0 Å². The summed E-state index contributed by atoms with van der Waals surface area (Å²) in [6, 6.07) is 5.78. The SMILES string of the molecule is Cc1ccc(C(CO)CC(=O)O)cc1C. The minimum atomic E-state index is -0.882. The Hall–Kier alpha value is -1.35. The molecule has 0 aliphatic carbocycles. The fourth-order valence-electron chi connectivity index (χ4n) is 1.52. The van der Waals surface area contributed by atoms with Crippen molar-refractivity contribution in [2.24, 2.45) is 0 Å². The molecule has 1 unspecified atom stereocenters. The van der Waals surface area contributed by atoms with Crippen molar-refractivity contribution >= 4 is 5.97 Å². The molecule has 0 spiro atoms. The van der Waals surface area contributed by atoms with Gasteiger partial charge in [-0.1, -0.05) is 18.2 Å². The van der Waals surface area contributed by atoms with Crippen molar-refractivity contribution in [3.63, 3.8) is 0 Å². The number of hydrogen-bond donors (Lipinski definition) is 2. The first-order chi connectivity index (χ1) is 7.04. The number of aliphatic hydroxyl groups excluding tert-OH is 1. The van der Waals surface area contributed by atoms with E-state index in [4.69, 9.17) is 10.2 Å². The standard InChI is InChI=1S/C12H16O3/c1-8-3-4-10(5-9(8)2)11(7-13)6-12(14)15/h3-5,11,13H,6-7H2,1-2H3,(H,14,15). The van der Waals surface area contributed by atoms with Gasteiger partial charge in [-0.15, -0.1) is 0 Å². The molecule has 15 heavy (non-hydrogen) atoms. The molecule has 2 N–H and O–H groups in total. The van der Waals surface area contributed by atoms with Gasteiger partial charge in [-0.25, -0.2) is 0 Å². The molecule has 1 atom stereocenters. The lowest BCUT2D eigenvalue weighted by molar-refractivity contribution is -0.137. The second-order valence-corrected chi connectivity index (χ2v) is 3.82. The molecule has 3 heteroatoms. The van der Waals surface area contributed by atoms with E-state index in [-0.39, 0.29) is 18.9 Å². The molecule has 82 valence electrons. The molecule has 0 fully saturated rings. The maximum absolute atomic E-state index is 10.6. The summed E-state index contributed by atoms with van der Waals surface area (Å²) in [5, 5.41) is 17.8. The van der Waals surface area contributed by atoms with Gasteiger partial charge in [0.1, 0.15) is 0 Å². The van der Waals surface area contributed by atoms with E-state index < -0.39 is 5.97 Å². The molecule has 0 bridgehead atoms. The Morgan fingerprint density at radius 3 is 2.47 bits per heavy atom. The van der Waals surface area contributed by atoms with Crippen LogP contribution in [0.25, 0.3) is 0 Å². The third kappa shape index (κ3) is 3.06. The van der Waals surface area contributed by atoms with Gasteiger partial charge in [-0.3, -0.25) is 4.79 Å². The Morgan fingerprint density at radius 2 is 2.00 bits per heavy atom. The van der Waals surface area contributed by atoms with Gasteiger partial charge in [0.15, 0.2) is 0 Å². The maximum Gasteiger partial charge on any atom is 0.304 e. The zero-order valence-corrected chi connectivity index (χ0v) is 9.03. The highest BCUT2D eigenvalue weighted by Crippen LogP contribution is 2.21. The molecule has 0 aromatic heterocycles. The number of rotatable bonds is 4. The molecule has 3 nitrogen and oxygen atoms in total. The summed E-state index contributed by atoms with van der Waals surface area (Å²) in [7, 11) is 0. The van der Waals surface area contributed by atoms with Gasteiger partial charge in [0.25, 0.3) is 0 Å². The molecular weight excluding hydrogens is 192 g/mol. The van der Waals surface area contributed by atoms with Crippen LogP contribution in [-0.4, -0.2) is 22.8 Å². The Balaban J connectivity index is 2.92. The zero-order chi connectivity index (χ0) is 11.4. The van der Waals surface area contributed by atoms with Crippen molar-refractivity contribution in [2.75, 3.05) is 6.61 Å². The third-order valence-corrected chi connectivity index (χ3v) is 2.64. The van der Waals surface area contributed by atoms with Crippen molar-refractivity contribution in [3.8, 4) is 0 Å². The highest BCUT2D eigenvalue weighted by atomic mass is 16.4. The number of aliphatic hydroxyl groups is 1. The summed E-state index contributed by atoms with van der Waals surface area (Å²) in [5.74, 6) is -1.19. The van der Waals surface area contributed by atoms with Crippen LogP contribution in [-0.2, 0) is 4.79 Å². The molecule has 0 amide bonds. The zero-order valence-electron chi connectivity index (χ0n) is 9.03. The van der Waals surface area contributed by atoms with Gasteiger partial charge >= 0.3 is 5.97 Å². The first-order valence-corrected chi connectivity index (χ1v) is 4.94. The topological polar surface area (TPSA) is 57.5 Å². The fraction of sp³-hybridized carbons (Fsp3) is 0.417. The van der Waals surface area contributed by atoms with Gasteiger partial charge < -0.3 is 10.2 Å². The van der Waals surface area contributed by atoms with E-state index in [9.17, 15) is 4.79 Å². The summed E-state index contributed by atoms with van der Waals surface area (Å²) in [6.45, 7) is 3.85. The van der Waals surface area contributed by atoms with Crippen molar-refractivity contribution in [3.05, 3.63) is 34.9 Å². The number of carbonyl (C=O) groups is 1. The van der Waals surface area contributed by atoms with Gasteiger partial charge in [-0.05, 0) is 30.5 Å². The van der Waals surface area contributed by atoms with E-state index in [1.807, 2.05) is 32.0 Å². The molecule has 0 aliphatic heterocycles. The summed E-state index contributed by atoms with van der Waals surface area (Å²) in [5.41, 5.74) is 3.19. The normalized spacial score (nSPS) is 12.5. The third-order valence-electron chi connectivity index (χ3n) is 2.64. The lowest BCUT2D eigenvalue weighted by Crippen LogP contribution is -2.10. The Morgan fingerprint density at radius 1 is 1.33 bits per heavy atom. The number of hydrogen-bond acceptors (Lipinski definition) is 2. The quantitative estimate of drug-likeness (QED) is 0.794. The van der Waals surface area contributed by atoms with Crippen LogP contribution >= 0.6 is 0 Å². The monoisotopic (exact) mass is 208 g/mol. The van der Waals surface area contributed by atoms with Crippen LogP contribution in [0.2, 0.25) is 0 Å². The Kier molecular flexibility index (Phi) is 3.86. The highest BCUT2D eigenvalue weighted by Gasteiger charge is 2.14. The van der Waals surface area contributed by atoms with E-state index >= 15 is 0 Å².